The summed E-state index contributed by atoms with van der Waals surface area (Å²) in [6, 6.07) is 2.11. The lowest BCUT2D eigenvalue weighted by atomic mass is 9.84. The minimum absolute atomic E-state index is 0.160. The maximum Gasteiger partial charge on any atom is 0.223 e. The Labute approximate surface area is 143 Å². The smallest absolute Gasteiger partial charge is 0.223 e. The van der Waals surface area contributed by atoms with E-state index in [9.17, 15) is 4.79 Å². The third-order valence-corrected chi connectivity index (χ3v) is 5.34. The van der Waals surface area contributed by atoms with E-state index in [2.05, 4.69) is 11.1 Å². The first-order valence-electron chi connectivity index (χ1n) is 9.06. The number of nitrogens with zero attached hydrogens (tertiary/aromatic N) is 2. The first kappa shape index (κ1) is 16.0. The fourth-order valence-electron chi connectivity index (χ4n) is 3.78. The molecule has 1 spiro atoms. The molecule has 2 aliphatic heterocycles. The van der Waals surface area contributed by atoms with Gasteiger partial charge in [-0.25, -0.2) is 0 Å². The number of amides is 1. The lowest BCUT2D eigenvalue weighted by molar-refractivity contribution is -0.202. The predicted octanol–water partition coefficient (Wildman–Crippen LogP) is 2.47. The number of rotatable bonds is 5. The summed E-state index contributed by atoms with van der Waals surface area (Å²) in [7, 11) is 0. The molecular weight excluding hydrogens is 304 g/mol. The summed E-state index contributed by atoms with van der Waals surface area (Å²) in [6.45, 7) is 4.84. The molecule has 0 N–H and O–H groups in total. The van der Waals surface area contributed by atoms with Gasteiger partial charge in [0.1, 0.15) is 5.60 Å². The molecule has 1 amide bonds. The second-order valence-electron chi connectivity index (χ2n) is 7.73. The Balaban J connectivity index is 1.26. The number of carbonyl (C=O) groups is 1. The number of carbonyl (C=O) groups excluding carboxylic acids is 1. The highest BCUT2D eigenvalue weighted by molar-refractivity contribution is 5.78. The van der Waals surface area contributed by atoms with Crippen LogP contribution in [-0.2, 0) is 20.9 Å². The SMILES string of the molecule is Cc1cncc(CO[C@H]2CCOC3(C2)CN(C(=O)CC2CC2)C3)c1. The van der Waals surface area contributed by atoms with Crippen molar-refractivity contribution in [2.24, 2.45) is 5.92 Å². The summed E-state index contributed by atoms with van der Waals surface area (Å²) in [5, 5.41) is 0. The van der Waals surface area contributed by atoms with Gasteiger partial charge in [0.15, 0.2) is 0 Å². The van der Waals surface area contributed by atoms with Crippen LogP contribution in [0.4, 0.5) is 0 Å². The van der Waals surface area contributed by atoms with Crippen LogP contribution >= 0.6 is 0 Å². The molecule has 24 heavy (non-hydrogen) atoms. The molecule has 5 heteroatoms. The van der Waals surface area contributed by atoms with Crippen molar-refractivity contribution in [3.05, 3.63) is 29.6 Å². The zero-order valence-corrected chi connectivity index (χ0v) is 14.4. The quantitative estimate of drug-likeness (QED) is 0.832. The zero-order valence-electron chi connectivity index (χ0n) is 14.4. The average Bonchev–Trinajstić information content (AvgIpc) is 3.35. The van der Waals surface area contributed by atoms with E-state index in [1.54, 1.807) is 0 Å². The minimum atomic E-state index is -0.160. The maximum absolute atomic E-state index is 12.2. The summed E-state index contributed by atoms with van der Waals surface area (Å²) in [6.07, 6.45) is 8.93. The fourth-order valence-corrected chi connectivity index (χ4v) is 3.78. The van der Waals surface area contributed by atoms with Crippen LogP contribution in [0.15, 0.2) is 18.5 Å². The molecule has 0 bridgehead atoms. The summed E-state index contributed by atoms with van der Waals surface area (Å²) >= 11 is 0. The molecule has 1 atom stereocenters. The van der Waals surface area contributed by atoms with Gasteiger partial charge in [-0.2, -0.15) is 0 Å². The molecule has 5 nitrogen and oxygen atoms in total. The van der Waals surface area contributed by atoms with E-state index >= 15 is 0 Å². The van der Waals surface area contributed by atoms with Gasteiger partial charge in [0.25, 0.3) is 0 Å². The number of pyridine rings is 1. The van der Waals surface area contributed by atoms with E-state index in [-0.39, 0.29) is 11.7 Å². The molecule has 130 valence electrons. The molecule has 1 aromatic rings. The normalized spacial score (nSPS) is 25.5. The minimum Gasteiger partial charge on any atom is -0.373 e. The average molecular weight is 330 g/mol. The van der Waals surface area contributed by atoms with E-state index in [0.29, 0.717) is 18.4 Å². The van der Waals surface area contributed by atoms with Crippen LogP contribution in [0.1, 0.15) is 43.2 Å². The van der Waals surface area contributed by atoms with Gasteiger partial charge in [-0.1, -0.05) is 6.07 Å². The van der Waals surface area contributed by atoms with Crippen molar-refractivity contribution >= 4 is 5.91 Å². The van der Waals surface area contributed by atoms with Crippen molar-refractivity contribution in [2.75, 3.05) is 19.7 Å². The van der Waals surface area contributed by atoms with E-state index in [1.807, 2.05) is 24.2 Å². The molecule has 2 saturated heterocycles. The van der Waals surface area contributed by atoms with Crippen molar-refractivity contribution < 1.29 is 14.3 Å². The van der Waals surface area contributed by atoms with Crippen molar-refractivity contribution in [2.45, 2.75) is 57.3 Å². The van der Waals surface area contributed by atoms with Gasteiger partial charge in [0.2, 0.25) is 5.91 Å². The Hall–Kier alpha value is -1.46. The molecule has 3 fully saturated rings. The molecule has 3 aliphatic rings. The zero-order chi connectivity index (χ0) is 16.6. The van der Waals surface area contributed by atoms with Gasteiger partial charge < -0.3 is 14.4 Å². The molecular formula is C19H26N2O3. The fraction of sp³-hybridized carbons (Fsp3) is 0.684. The molecule has 1 saturated carbocycles. The number of aryl methyl sites for hydroxylation is 1. The molecule has 3 heterocycles. The van der Waals surface area contributed by atoms with Gasteiger partial charge in [-0.3, -0.25) is 9.78 Å². The Morgan fingerprint density at radius 3 is 2.96 bits per heavy atom. The highest BCUT2D eigenvalue weighted by Gasteiger charge is 2.49. The maximum atomic E-state index is 12.2. The molecule has 1 aromatic heterocycles. The Morgan fingerprint density at radius 2 is 2.21 bits per heavy atom. The largest absolute Gasteiger partial charge is 0.373 e. The van der Waals surface area contributed by atoms with Crippen LogP contribution in [0.25, 0.3) is 0 Å². The predicted molar refractivity (Wildman–Crippen MR) is 89.4 cm³/mol. The van der Waals surface area contributed by atoms with E-state index < -0.39 is 0 Å². The second-order valence-corrected chi connectivity index (χ2v) is 7.73. The van der Waals surface area contributed by atoms with Gasteiger partial charge in [0, 0.05) is 31.8 Å². The van der Waals surface area contributed by atoms with Crippen LogP contribution in [-0.4, -0.2) is 47.2 Å². The van der Waals surface area contributed by atoms with Crippen molar-refractivity contribution in [3.63, 3.8) is 0 Å². The number of aromatic nitrogens is 1. The second kappa shape index (κ2) is 6.45. The summed E-state index contributed by atoms with van der Waals surface area (Å²) in [5.41, 5.74) is 2.11. The topological polar surface area (TPSA) is 51.7 Å². The number of ether oxygens (including phenoxy) is 2. The number of hydrogen-bond donors (Lipinski definition) is 0. The molecule has 0 unspecified atom stereocenters. The van der Waals surface area contributed by atoms with E-state index in [0.717, 1.165) is 50.1 Å². The summed E-state index contributed by atoms with van der Waals surface area (Å²) in [5.74, 6) is 0.959. The molecule has 1 aliphatic carbocycles. The van der Waals surface area contributed by atoms with Crippen molar-refractivity contribution in [1.29, 1.82) is 0 Å². The van der Waals surface area contributed by atoms with Crippen LogP contribution in [0.5, 0.6) is 0 Å². The van der Waals surface area contributed by atoms with E-state index in [4.69, 9.17) is 9.47 Å². The van der Waals surface area contributed by atoms with Crippen molar-refractivity contribution in [1.82, 2.24) is 9.88 Å². The first-order valence-corrected chi connectivity index (χ1v) is 9.06. The van der Waals surface area contributed by atoms with Gasteiger partial charge in [0.05, 0.1) is 25.8 Å². The standard InChI is InChI=1S/C19H26N2O3/c1-14-6-16(10-20-9-14)11-23-17-4-5-24-19(8-17)12-21(13-19)18(22)7-15-2-3-15/h6,9-10,15,17H,2-5,7-8,11-13H2,1H3/t17-/m0/s1. The highest BCUT2D eigenvalue weighted by atomic mass is 16.5. The Kier molecular flexibility index (Phi) is 4.31. The summed E-state index contributed by atoms with van der Waals surface area (Å²) < 4.78 is 12.1. The molecule has 0 radical (unpaired) electrons. The summed E-state index contributed by atoms with van der Waals surface area (Å²) in [4.78, 5) is 18.3. The molecule has 4 rings (SSSR count). The lowest BCUT2D eigenvalue weighted by Crippen LogP contribution is -2.67. The van der Waals surface area contributed by atoms with Crippen LogP contribution in [0.3, 0.4) is 0 Å². The number of likely N-dealkylation sites (tertiary alicyclic amines) is 1. The van der Waals surface area contributed by atoms with Gasteiger partial charge in [-0.15, -0.1) is 0 Å². The Bertz CT molecular complexity index is 608. The van der Waals surface area contributed by atoms with Crippen LogP contribution < -0.4 is 0 Å². The third kappa shape index (κ3) is 3.62. The van der Waals surface area contributed by atoms with Crippen LogP contribution in [0, 0.1) is 12.8 Å². The third-order valence-electron chi connectivity index (χ3n) is 5.34. The van der Waals surface area contributed by atoms with Crippen LogP contribution in [0.2, 0.25) is 0 Å². The number of hydrogen-bond acceptors (Lipinski definition) is 4. The van der Waals surface area contributed by atoms with Crippen molar-refractivity contribution in [3.8, 4) is 0 Å². The monoisotopic (exact) mass is 330 g/mol. The molecule has 0 aromatic carbocycles. The lowest BCUT2D eigenvalue weighted by Gasteiger charge is -2.53. The first-order chi connectivity index (χ1) is 11.6. The van der Waals surface area contributed by atoms with E-state index in [1.165, 1.54) is 12.8 Å². The van der Waals surface area contributed by atoms with Gasteiger partial charge in [-0.05, 0) is 43.2 Å². The van der Waals surface area contributed by atoms with Gasteiger partial charge >= 0.3 is 0 Å². The Morgan fingerprint density at radius 1 is 1.38 bits per heavy atom. The highest BCUT2D eigenvalue weighted by Crippen LogP contribution is 2.38.